The number of carbonyl (C=O) groups is 3. The van der Waals surface area contributed by atoms with Gasteiger partial charge in [0.15, 0.2) is 11.6 Å². The molecule has 2 aromatic carbocycles. The molecule has 41 heavy (non-hydrogen) atoms. The molecule has 4 rings (SSSR count). The highest BCUT2D eigenvalue weighted by Crippen LogP contribution is 2.36. The number of nitrogens with zero attached hydrogens (tertiary/aromatic N) is 2. The highest BCUT2D eigenvalue weighted by molar-refractivity contribution is 7.17. The van der Waals surface area contributed by atoms with E-state index in [-0.39, 0.29) is 30.8 Å². The second-order valence-electron chi connectivity index (χ2n) is 8.03. The van der Waals surface area contributed by atoms with Crippen molar-refractivity contribution in [2.45, 2.75) is 12.8 Å². The van der Waals surface area contributed by atoms with Crippen LogP contribution in [0.5, 0.6) is 5.75 Å². The maximum atomic E-state index is 14.0. The number of carboxylic acids is 2. The van der Waals surface area contributed by atoms with Gasteiger partial charge < -0.3 is 25.6 Å². The summed E-state index contributed by atoms with van der Waals surface area (Å²) < 4.78 is 66.1. The summed E-state index contributed by atoms with van der Waals surface area (Å²) >= 11 is 2.56. The van der Waals surface area contributed by atoms with Gasteiger partial charge >= 0.3 is 18.1 Å². The van der Waals surface area contributed by atoms with Gasteiger partial charge in [0.05, 0.1) is 0 Å². The molecule has 0 aliphatic rings. The van der Waals surface area contributed by atoms with Crippen molar-refractivity contribution in [3.8, 4) is 16.9 Å². The van der Waals surface area contributed by atoms with Gasteiger partial charge in [-0.1, -0.05) is 12.1 Å². The van der Waals surface area contributed by atoms with Gasteiger partial charge in [0.25, 0.3) is 5.91 Å². The number of nitrogens with two attached hydrogens (primary N) is 1. The van der Waals surface area contributed by atoms with Crippen molar-refractivity contribution in [3.63, 3.8) is 0 Å². The van der Waals surface area contributed by atoms with E-state index in [2.05, 4.69) is 4.98 Å². The van der Waals surface area contributed by atoms with Crippen LogP contribution >= 0.6 is 22.7 Å². The summed E-state index contributed by atoms with van der Waals surface area (Å²) in [4.78, 5) is 37.7. The van der Waals surface area contributed by atoms with E-state index in [9.17, 15) is 31.5 Å². The number of carboxylic acid groups (broad SMARTS) is 2. The minimum atomic E-state index is -5.08. The van der Waals surface area contributed by atoms with Gasteiger partial charge in [0, 0.05) is 34.1 Å². The van der Waals surface area contributed by atoms with E-state index in [0.717, 1.165) is 10.5 Å². The molecule has 0 aliphatic heterocycles. The van der Waals surface area contributed by atoms with Crippen LogP contribution in [0.1, 0.15) is 15.5 Å². The predicted octanol–water partition coefficient (Wildman–Crippen LogP) is 5.00. The third-order valence-corrected chi connectivity index (χ3v) is 6.95. The number of amides is 1. The quantitative estimate of drug-likeness (QED) is 0.223. The lowest BCUT2D eigenvalue weighted by molar-refractivity contribution is -0.192. The normalized spacial score (nSPS) is 11.1. The number of aromatic nitrogens is 1. The molecule has 0 atom stereocenters. The minimum absolute atomic E-state index is 0.105. The third-order valence-electron chi connectivity index (χ3n) is 5.18. The minimum Gasteiger partial charge on any atom is -0.486 e. The Morgan fingerprint density at radius 3 is 2.29 bits per heavy atom. The fourth-order valence-corrected chi connectivity index (χ4v) is 4.98. The first-order chi connectivity index (χ1) is 19.3. The number of rotatable bonds is 9. The van der Waals surface area contributed by atoms with Crippen LogP contribution in [0.3, 0.4) is 0 Å². The number of carbonyl (C=O) groups excluding carboxylic acids is 1. The zero-order valence-electron chi connectivity index (χ0n) is 20.7. The van der Waals surface area contributed by atoms with Gasteiger partial charge in [-0.05, 0) is 35.2 Å². The number of aliphatic carboxylic acids is 2. The smallest absolute Gasteiger partial charge is 0.486 e. The van der Waals surface area contributed by atoms with Crippen LogP contribution in [0.4, 0.5) is 22.0 Å². The van der Waals surface area contributed by atoms with Crippen LogP contribution < -0.4 is 10.5 Å². The molecular weight excluding hydrogens is 597 g/mol. The van der Waals surface area contributed by atoms with E-state index < -0.39 is 42.2 Å². The zero-order chi connectivity index (χ0) is 30.3. The van der Waals surface area contributed by atoms with E-state index in [1.807, 2.05) is 0 Å². The van der Waals surface area contributed by atoms with E-state index in [1.165, 1.54) is 28.7 Å². The largest absolute Gasteiger partial charge is 0.490 e. The first kappa shape index (κ1) is 31.4. The Labute approximate surface area is 236 Å². The van der Waals surface area contributed by atoms with Crippen LogP contribution in [0.15, 0.2) is 47.2 Å². The molecule has 2 aromatic heterocycles. The molecule has 4 aromatic rings. The van der Waals surface area contributed by atoms with Crippen LogP contribution in [-0.4, -0.2) is 63.8 Å². The second-order valence-corrected chi connectivity index (χ2v) is 9.89. The summed E-state index contributed by atoms with van der Waals surface area (Å²) in [6.45, 7) is -0.108. The van der Waals surface area contributed by atoms with Crippen molar-refractivity contribution < 1.29 is 51.3 Å². The summed E-state index contributed by atoms with van der Waals surface area (Å²) in [7, 11) is 0. The second kappa shape index (κ2) is 13.5. The lowest BCUT2D eigenvalue weighted by atomic mass is 10.0. The molecule has 2 heterocycles. The Kier molecular flexibility index (Phi) is 10.3. The maximum Gasteiger partial charge on any atom is 0.490 e. The number of hydrogen-bond acceptors (Lipinski definition) is 8. The molecule has 0 bridgehead atoms. The van der Waals surface area contributed by atoms with Gasteiger partial charge in [-0.25, -0.2) is 18.6 Å². The molecule has 9 nitrogen and oxygen atoms in total. The number of benzene rings is 2. The Morgan fingerprint density at radius 1 is 1.05 bits per heavy atom. The molecule has 0 unspecified atom stereocenters. The third kappa shape index (κ3) is 8.18. The van der Waals surface area contributed by atoms with Crippen molar-refractivity contribution in [2.24, 2.45) is 5.73 Å². The Hall–Kier alpha value is -4.15. The summed E-state index contributed by atoms with van der Waals surface area (Å²) in [6.07, 6.45) is -5.08. The lowest BCUT2D eigenvalue weighted by Crippen LogP contribution is -2.39. The Balaban J connectivity index is 0.000000587. The predicted molar refractivity (Wildman–Crippen MR) is 140 cm³/mol. The molecule has 0 spiro atoms. The number of thiophene rings is 1. The number of hydrogen-bond donors (Lipinski definition) is 3. The van der Waals surface area contributed by atoms with Crippen LogP contribution in [-0.2, 0) is 16.2 Å². The zero-order valence-corrected chi connectivity index (χ0v) is 22.3. The van der Waals surface area contributed by atoms with E-state index in [0.29, 0.717) is 21.0 Å². The fourth-order valence-electron chi connectivity index (χ4n) is 3.37. The number of ether oxygens (including phenoxy) is 1. The SMILES string of the molecule is NCCN(CC(=O)O)C(=O)c1csc(COc2ccc(-c3cc(F)c(F)c4ccsc34)cc2)n1.O=C(O)C(F)(F)F. The average molecular weight is 618 g/mol. The van der Waals surface area contributed by atoms with Gasteiger partial charge in [-0.15, -0.1) is 22.7 Å². The highest BCUT2D eigenvalue weighted by atomic mass is 32.1. The summed E-state index contributed by atoms with van der Waals surface area (Å²) in [5.41, 5.74) is 6.91. The standard InChI is InChI=1S/C23H19F2N3O4S2.C2HF3O2/c24-17-9-16(22-15(21(17)25)5-8-33-22)13-1-3-14(4-2-13)32-11-19-27-18(12-34-19)23(31)28(7-6-26)10-20(29)30;3-2(4,5)1(6)7/h1-5,8-9,12H,6-7,10-11,26H2,(H,29,30);(H,6,7). The molecule has 16 heteroatoms. The van der Waals surface area contributed by atoms with Gasteiger partial charge in [0.2, 0.25) is 0 Å². The summed E-state index contributed by atoms with van der Waals surface area (Å²) in [6, 6.07) is 9.69. The molecule has 0 fully saturated rings. The highest BCUT2D eigenvalue weighted by Gasteiger charge is 2.38. The molecule has 0 saturated heterocycles. The van der Waals surface area contributed by atoms with Crippen LogP contribution in [0.2, 0.25) is 0 Å². The van der Waals surface area contributed by atoms with Crippen molar-refractivity contribution in [1.82, 2.24) is 9.88 Å². The van der Waals surface area contributed by atoms with Crippen LogP contribution in [0.25, 0.3) is 21.2 Å². The first-order valence-corrected chi connectivity index (χ1v) is 13.1. The van der Waals surface area contributed by atoms with Crippen molar-refractivity contribution in [2.75, 3.05) is 19.6 Å². The van der Waals surface area contributed by atoms with Gasteiger partial charge in [0.1, 0.15) is 29.6 Å². The topological polar surface area (TPSA) is 143 Å². The number of fused-ring (bicyclic) bond motifs is 1. The van der Waals surface area contributed by atoms with E-state index in [1.54, 1.807) is 41.1 Å². The van der Waals surface area contributed by atoms with E-state index in [4.69, 9.17) is 25.5 Å². The number of alkyl halides is 3. The van der Waals surface area contributed by atoms with Gasteiger partial charge in [-0.2, -0.15) is 13.2 Å². The van der Waals surface area contributed by atoms with Crippen LogP contribution in [0, 0.1) is 11.6 Å². The van der Waals surface area contributed by atoms with Crippen molar-refractivity contribution >= 4 is 50.6 Å². The summed E-state index contributed by atoms with van der Waals surface area (Å²) in [5.74, 6) is -5.61. The fraction of sp³-hybridized carbons (Fsp3) is 0.200. The first-order valence-electron chi connectivity index (χ1n) is 11.4. The molecule has 4 N–H and O–H groups in total. The Bertz CT molecular complexity index is 1540. The maximum absolute atomic E-state index is 14.0. The van der Waals surface area contributed by atoms with Crippen molar-refractivity contribution in [1.29, 1.82) is 0 Å². The van der Waals surface area contributed by atoms with Crippen molar-refractivity contribution in [3.05, 3.63) is 69.5 Å². The van der Waals surface area contributed by atoms with E-state index >= 15 is 0 Å². The monoisotopic (exact) mass is 617 g/mol. The van der Waals surface area contributed by atoms with Gasteiger partial charge in [-0.3, -0.25) is 9.59 Å². The lowest BCUT2D eigenvalue weighted by Gasteiger charge is -2.18. The Morgan fingerprint density at radius 2 is 1.71 bits per heavy atom. The number of thiazole rings is 1. The molecule has 0 radical (unpaired) electrons. The molecule has 1 amide bonds. The molecule has 218 valence electrons. The molecule has 0 aliphatic carbocycles. The molecular formula is C25H20F5N3O6S2. The summed E-state index contributed by atoms with van der Waals surface area (Å²) in [5, 5.41) is 20.2. The number of halogens is 5. The molecule has 0 saturated carbocycles. The average Bonchev–Trinajstić information content (AvgIpc) is 3.59.